The second kappa shape index (κ2) is 6.73. The zero-order valence-electron chi connectivity index (χ0n) is 10.5. The molecule has 19 heavy (non-hydrogen) atoms. The number of carbonyl (C=O) groups is 1. The lowest BCUT2D eigenvalue weighted by atomic mass is 10.3. The summed E-state index contributed by atoms with van der Waals surface area (Å²) in [4.78, 5) is 13.3. The molecule has 0 saturated carbocycles. The van der Waals surface area contributed by atoms with Crippen molar-refractivity contribution in [2.45, 2.75) is 18.4 Å². The summed E-state index contributed by atoms with van der Waals surface area (Å²) in [6.45, 7) is 2.56. The molecule has 0 spiro atoms. The third-order valence-corrected chi connectivity index (χ3v) is 4.68. The Balaban J connectivity index is 1.79. The molecule has 1 amide bonds. The van der Waals surface area contributed by atoms with Crippen LogP contribution in [0.2, 0.25) is 0 Å². The number of nitrogens with one attached hydrogen (secondary N) is 1. The lowest BCUT2D eigenvalue weighted by molar-refractivity contribution is -0.118. The van der Waals surface area contributed by atoms with Crippen LogP contribution in [0.5, 0.6) is 0 Å². The fraction of sp³-hybridized carbons (Fsp3) is 0.214. The molecule has 1 heterocycles. The Kier molecular flexibility index (Phi) is 4.99. The zero-order valence-corrected chi connectivity index (χ0v) is 12.1. The van der Waals surface area contributed by atoms with Crippen molar-refractivity contribution in [1.82, 2.24) is 5.32 Å². The Hall–Kier alpha value is -1.33. The molecule has 100 valence electrons. The van der Waals surface area contributed by atoms with Crippen molar-refractivity contribution in [3.63, 3.8) is 0 Å². The molecule has 1 aromatic carbocycles. The highest BCUT2D eigenvalue weighted by Crippen LogP contribution is 2.21. The smallest absolute Gasteiger partial charge is 0.230 e. The van der Waals surface area contributed by atoms with Crippen molar-refractivity contribution >= 4 is 29.0 Å². The highest BCUT2D eigenvalue weighted by Gasteiger charge is 2.07. The van der Waals surface area contributed by atoms with Crippen LogP contribution < -0.4 is 5.32 Å². The van der Waals surface area contributed by atoms with Crippen molar-refractivity contribution in [2.24, 2.45) is 0 Å². The number of halogens is 1. The Morgan fingerprint density at radius 1 is 1.37 bits per heavy atom. The predicted octanol–water partition coefficient (Wildman–Crippen LogP) is 3.60. The maximum absolute atomic E-state index is 13.4. The highest BCUT2D eigenvalue weighted by molar-refractivity contribution is 8.00. The number of aryl methyl sites for hydroxylation is 1. The van der Waals surface area contributed by atoms with Gasteiger partial charge in [0, 0.05) is 9.77 Å². The van der Waals surface area contributed by atoms with E-state index in [4.69, 9.17) is 0 Å². The molecule has 1 N–H and O–H groups in total. The van der Waals surface area contributed by atoms with Crippen LogP contribution in [0.1, 0.15) is 10.4 Å². The van der Waals surface area contributed by atoms with Crippen LogP contribution in [0.3, 0.4) is 0 Å². The average Bonchev–Trinajstić information content (AvgIpc) is 2.81. The van der Waals surface area contributed by atoms with Gasteiger partial charge in [-0.05, 0) is 36.1 Å². The van der Waals surface area contributed by atoms with Crippen LogP contribution in [0, 0.1) is 12.7 Å². The number of rotatable bonds is 5. The predicted molar refractivity (Wildman–Crippen MR) is 78.0 cm³/mol. The largest absolute Gasteiger partial charge is 0.350 e. The molecule has 2 nitrogen and oxygen atoms in total. The molecule has 2 rings (SSSR count). The van der Waals surface area contributed by atoms with Gasteiger partial charge in [0.05, 0.1) is 12.3 Å². The Morgan fingerprint density at radius 2 is 2.16 bits per heavy atom. The van der Waals surface area contributed by atoms with Gasteiger partial charge in [-0.3, -0.25) is 4.79 Å². The van der Waals surface area contributed by atoms with Gasteiger partial charge in [-0.15, -0.1) is 23.1 Å². The first-order valence-corrected chi connectivity index (χ1v) is 7.70. The van der Waals surface area contributed by atoms with E-state index in [0.29, 0.717) is 11.4 Å². The fourth-order valence-corrected chi connectivity index (χ4v) is 3.14. The van der Waals surface area contributed by atoms with Gasteiger partial charge in [0.15, 0.2) is 0 Å². The normalized spacial score (nSPS) is 10.4. The Bertz CT molecular complexity index is 568. The van der Waals surface area contributed by atoms with E-state index in [-0.39, 0.29) is 17.5 Å². The molecule has 0 unspecified atom stereocenters. The van der Waals surface area contributed by atoms with Gasteiger partial charge < -0.3 is 5.32 Å². The van der Waals surface area contributed by atoms with Gasteiger partial charge in [-0.1, -0.05) is 12.1 Å². The van der Waals surface area contributed by atoms with Gasteiger partial charge in [0.2, 0.25) is 5.91 Å². The lowest BCUT2D eigenvalue weighted by Crippen LogP contribution is -2.24. The molecule has 0 radical (unpaired) electrons. The molecule has 5 heteroatoms. The quantitative estimate of drug-likeness (QED) is 0.854. The van der Waals surface area contributed by atoms with Crippen molar-refractivity contribution < 1.29 is 9.18 Å². The van der Waals surface area contributed by atoms with Crippen molar-refractivity contribution in [1.29, 1.82) is 0 Å². The van der Waals surface area contributed by atoms with E-state index in [1.807, 2.05) is 18.4 Å². The molecule has 0 aliphatic heterocycles. The van der Waals surface area contributed by atoms with E-state index in [9.17, 15) is 9.18 Å². The van der Waals surface area contributed by atoms with Crippen molar-refractivity contribution in [3.05, 3.63) is 52.0 Å². The molecule has 0 aliphatic rings. The van der Waals surface area contributed by atoms with Gasteiger partial charge in [0.1, 0.15) is 5.82 Å². The molecule has 2 aromatic rings. The second-order valence-corrected chi connectivity index (χ2v) is 6.04. The standard InChI is InChI=1S/C14H14FNOS2/c1-10-6-7-18-13(10)8-16-14(17)9-19-12-5-3-2-4-11(12)15/h2-7H,8-9H2,1H3,(H,16,17). The molecule has 0 atom stereocenters. The average molecular weight is 295 g/mol. The van der Waals surface area contributed by atoms with Crippen LogP contribution in [0.4, 0.5) is 4.39 Å². The number of thioether (sulfide) groups is 1. The molecule has 0 fully saturated rings. The molecule has 0 bridgehead atoms. The third-order valence-electron chi connectivity index (χ3n) is 2.61. The highest BCUT2D eigenvalue weighted by atomic mass is 32.2. The van der Waals surface area contributed by atoms with Gasteiger partial charge >= 0.3 is 0 Å². The molecule has 0 saturated heterocycles. The number of benzene rings is 1. The monoisotopic (exact) mass is 295 g/mol. The first-order valence-electron chi connectivity index (χ1n) is 5.84. The molecule has 1 aromatic heterocycles. The number of hydrogen-bond acceptors (Lipinski definition) is 3. The molecular formula is C14H14FNOS2. The first kappa shape index (κ1) is 14.1. The van der Waals surface area contributed by atoms with Crippen LogP contribution in [-0.4, -0.2) is 11.7 Å². The summed E-state index contributed by atoms with van der Waals surface area (Å²) in [7, 11) is 0. The number of hydrogen-bond donors (Lipinski definition) is 1. The summed E-state index contributed by atoms with van der Waals surface area (Å²) in [5, 5.41) is 4.85. The number of amides is 1. The lowest BCUT2D eigenvalue weighted by Gasteiger charge is -2.05. The van der Waals surface area contributed by atoms with Gasteiger partial charge in [-0.2, -0.15) is 0 Å². The first-order chi connectivity index (χ1) is 9.16. The summed E-state index contributed by atoms with van der Waals surface area (Å²) < 4.78 is 13.4. The summed E-state index contributed by atoms with van der Waals surface area (Å²) in [5.41, 5.74) is 1.19. The van der Waals surface area contributed by atoms with Crippen LogP contribution in [0.15, 0.2) is 40.6 Å². The van der Waals surface area contributed by atoms with Crippen molar-refractivity contribution in [3.8, 4) is 0 Å². The Labute approximate surface area is 120 Å². The van der Waals surface area contributed by atoms with E-state index in [2.05, 4.69) is 5.32 Å². The maximum Gasteiger partial charge on any atom is 0.230 e. The van der Waals surface area contributed by atoms with E-state index in [0.717, 1.165) is 4.88 Å². The van der Waals surface area contributed by atoms with Crippen molar-refractivity contribution in [2.75, 3.05) is 5.75 Å². The minimum Gasteiger partial charge on any atom is -0.350 e. The third kappa shape index (κ3) is 4.08. The minimum absolute atomic E-state index is 0.0824. The van der Waals surface area contributed by atoms with Crippen LogP contribution >= 0.6 is 23.1 Å². The van der Waals surface area contributed by atoms with E-state index < -0.39 is 0 Å². The summed E-state index contributed by atoms with van der Waals surface area (Å²) in [6, 6.07) is 8.50. The Morgan fingerprint density at radius 3 is 2.84 bits per heavy atom. The SMILES string of the molecule is Cc1ccsc1CNC(=O)CSc1ccccc1F. The van der Waals surface area contributed by atoms with E-state index >= 15 is 0 Å². The van der Waals surface area contributed by atoms with Gasteiger partial charge in [-0.25, -0.2) is 4.39 Å². The zero-order chi connectivity index (χ0) is 13.7. The summed E-state index contributed by atoms with van der Waals surface area (Å²) >= 11 is 2.84. The minimum atomic E-state index is -0.283. The molecule has 0 aliphatic carbocycles. The second-order valence-electron chi connectivity index (χ2n) is 4.02. The van der Waals surface area contributed by atoms with Gasteiger partial charge in [0.25, 0.3) is 0 Å². The van der Waals surface area contributed by atoms with Crippen LogP contribution in [0.25, 0.3) is 0 Å². The van der Waals surface area contributed by atoms with E-state index in [1.165, 1.54) is 23.4 Å². The number of carbonyl (C=O) groups excluding carboxylic acids is 1. The summed E-state index contributed by atoms with van der Waals surface area (Å²) in [5.74, 6) is -0.138. The van der Waals surface area contributed by atoms with E-state index in [1.54, 1.807) is 29.5 Å². The van der Waals surface area contributed by atoms with Crippen LogP contribution in [-0.2, 0) is 11.3 Å². The fourth-order valence-electron chi connectivity index (χ4n) is 1.52. The number of thiophene rings is 1. The topological polar surface area (TPSA) is 29.1 Å². The maximum atomic E-state index is 13.4. The summed E-state index contributed by atoms with van der Waals surface area (Å²) in [6.07, 6.45) is 0. The molecular weight excluding hydrogens is 281 g/mol.